The molecular weight excluding hydrogens is 472 g/mol. The fourth-order valence-electron chi connectivity index (χ4n) is 3.98. The molecule has 35 heavy (non-hydrogen) atoms. The summed E-state index contributed by atoms with van der Waals surface area (Å²) in [5.41, 5.74) is -1.46. The number of fused-ring (bicyclic) bond motifs is 1. The predicted molar refractivity (Wildman–Crippen MR) is 120 cm³/mol. The van der Waals surface area contributed by atoms with E-state index in [0.29, 0.717) is 34.2 Å². The molecule has 9 heteroatoms. The third-order valence-corrected chi connectivity index (χ3v) is 5.64. The highest BCUT2D eigenvalue weighted by atomic mass is 19.4. The Morgan fingerprint density at radius 1 is 0.743 bits per heavy atom. The molecule has 0 unspecified atom stereocenters. The van der Waals surface area contributed by atoms with E-state index < -0.39 is 30.1 Å². The summed E-state index contributed by atoms with van der Waals surface area (Å²) in [5.74, 6) is 0. The molecule has 0 aliphatic heterocycles. The van der Waals surface area contributed by atoms with E-state index in [2.05, 4.69) is 0 Å². The molecule has 3 nitrogen and oxygen atoms in total. The molecule has 1 aromatic heterocycles. The molecule has 4 aromatic rings. The Kier molecular flexibility index (Phi) is 6.46. The van der Waals surface area contributed by atoms with Gasteiger partial charge in [0.25, 0.3) is 5.56 Å². The minimum Gasteiger partial charge on any atom is -0.371 e. The Morgan fingerprint density at radius 3 is 1.86 bits per heavy atom. The zero-order valence-corrected chi connectivity index (χ0v) is 18.4. The Balaban J connectivity index is 1.73. The lowest BCUT2D eigenvalue weighted by Gasteiger charge is -2.18. The summed E-state index contributed by atoms with van der Waals surface area (Å²) in [4.78, 5) is 12.9. The summed E-state index contributed by atoms with van der Waals surface area (Å²) in [5, 5.41) is 1.14. The Bertz CT molecular complexity index is 1390. The third-order valence-electron chi connectivity index (χ3n) is 5.64. The van der Waals surface area contributed by atoms with Gasteiger partial charge in [0.15, 0.2) is 0 Å². The highest BCUT2D eigenvalue weighted by Crippen LogP contribution is 2.37. The van der Waals surface area contributed by atoms with Crippen LogP contribution in [0, 0.1) is 0 Å². The van der Waals surface area contributed by atoms with E-state index in [0.717, 1.165) is 5.56 Å². The second-order valence-electron chi connectivity index (χ2n) is 8.00. The lowest BCUT2D eigenvalue weighted by atomic mass is 9.97. The maximum absolute atomic E-state index is 13.2. The van der Waals surface area contributed by atoms with Gasteiger partial charge < -0.3 is 9.30 Å². The van der Waals surface area contributed by atoms with E-state index in [4.69, 9.17) is 4.74 Å². The van der Waals surface area contributed by atoms with Crippen molar-refractivity contribution in [1.29, 1.82) is 0 Å². The van der Waals surface area contributed by atoms with Gasteiger partial charge in [-0.2, -0.15) is 26.3 Å². The lowest BCUT2D eigenvalue weighted by molar-refractivity contribution is -0.143. The van der Waals surface area contributed by atoms with Gasteiger partial charge in [-0.1, -0.05) is 48.5 Å². The fraction of sp³-hybridized carbons (Fsp3) is 0.192. The maximum atomic E-state index is 13.2. The Labute approximate surface area is 196 Å². The van der Waals surface area contributed by atoms with Crippen molar-refractivity contribution >= 4 is 10.8 Å². The molecule has 0 radical (unpaired) electrons. The number of nitrogens with zero attached hydrogens (tertiary/aromatic N) is 1. The van der Waals surface area contributed by atoms with E-state index in [1.807, 2.05) is 30.3 Å². The quantitative estimate of drug-likeness (QED) is 0.283. The second kappa shape index (κ2) is 9.22. The number of hydrogen-bond donors (Lipinski definition) is 0. The molecule has 0 saturated carbocycles. The summed E-state index contributed by atoms with van der Waals surface area (Å²) < 4.78 is 86.0. The van der Waals surface area contributed by atoms with Crippen LogP contribution in [-0.4, -0.2) is 4.57 Å². The number of rotatable bonds is 5. The van der Waals surface area contributed by atoms with Crippen LogP contribution < -0.4 is 5.56 Å². The molecule has 0 aliphatic rings. The first-order valence-corrected chi connectivity index (χ1v) is 10.5. The number of benzene rings is 3. The number of halogens is 6. The molecule has 0 amide bonds. The number of pyridine rings is 1. The summed E-state index contributed by atoms with van der Waals surface area (Å²) in [7, 11) is 1.55. The van der Waals surface area contributed by atoms with Crippen LogP contribution in [0.5, 0.6) is 0 Å². The van der Waals surface area contributed by atoms with Crippen LogP contribution >= 0.6 is 0 Å². The summed E-state index contributed by atoms with van der Waals surface area (Å²) in [6, 6.07) is 17.5. The largest absolute Gasteiger partial charge is 0.416 e. The number of aromatic nitrogens is 1. The summed E-state index contributed by atoms with van der Waals surface area (Å²) in [6.07, 6.45) is -9.89. The molecule has 0 spiro atoms. The van der Waals surface area contributed by atoms with Gasteiger partial charge in [-0.25, -0.2) is 0 Å². The molecule has 0 fully saturated rings. The third kappa shape index (κ3) is 5.09. The minimum atomic E-state index is -4.95. The average Bonchev–Trinajstić information content (AvgIpc) is 2.81. The van der Waals surface area contributed by atoms with Gasteiger partial charge >= 0.3 is 12.4 Å². The molecule has 0 atom stereocenters. The first kappa shape index (κ1) is 24.5. The van der Waals surface area contributed by atoms with Crippen LogP contribution in [0.3, 0.4) is 0 Å². The van der Waals surface area contributed by atoms with Crippen molar-refractivity contribution in [1.82, 2.24) is 4.57 Å². The normalized spacial score (nSPS) is 12.3. The molecule has 0 bridgehead atoms. The van der Waals surface area contributed by atoms with Crippen LogP contribution in [0.1, 0.15) is 22.4 Å². The number of ether oxygens (including phenoxy) is 1. The first-order valence-electron chi connectivity index (χ1n) is 10.5. The maximum Gasteiger partial charge on any atom is 0.416 e. The van der Waals surface area contributed by atoms with Gasteiger partial charge in [0.1, 0.15) is 0 Å². The van der Waals surface area contributed by atoms with E-state index in [9.17, 15) is 31.1 Å². The van der Waals surface area contributed by atoms with Gasteiger partial charge in [-0.05, 0) is 40.8 Å². The number of hydrogen-bond acceptors (Lipinski definition) is 2. The summed E-state index contributed by atoms with van der Waals surface area (Å²) >= 11 is 0. The second-order valence-corrected chi connectivity index (χ2v) is 8.00. The average molecular weight is 491 g/mol. The van der Waals surface area contributed by atoms with Crippen LogP contribution in [-0.2, 0) is 37.4 Å². The van der Waals surface area contributed by atoms with Crippen LogP contribution in [0.25, 0.3) is 21.9 Å². The van der Waals surface area contributed by atoms with E-state index in [1.165, 1.54) is 4.57 Å². The predicted octanol–water partition coefficient (Wildman–Crippen LogP) is 6.96. The van der Waals surface area contributed by atoms with E-state index >= 15 is 0 Å². The summed E-state index contributed by atoms with van der Waals surface area (Å²) in [6.45, 7) is -0.722. The van der Waals surface area contributed by atoms with Gasteiger partial charge in [0.2, 0.25) is 0 Å². The van der Waals surface area contributed by atoms with Gasteiger partial charge in [-0.15, -0.1) is 0 Å². The molecule has 1 heterocycles. The number of alkyl halides is 6. The molecule has 4 rings (SSSR count). The van der Waals surface area contributed by atoms with Gasteiger partial charge in [0, 0.05) is 18.0 Å². The molecule has 0 aliphatic carbocycles. The molecular formula is C26H19F6NO2. The van der Waals surface area contributed by atoms with Crippen LogP contribution in [0.2, 0.25) is 0 Å². The van der Waals surface area contributed by atoms with Crippen molar-refractivity contribution in [3.63, 3.8) is 0 Å². The van der Waals surface area contributed by atoms with Crippen molar-refractivity contribution in [2.75, 3.05) is 0 Å². The van der Waals surface area contributed by atoms with E-state index in [1.54, 1.807) is 31.3 Å². The lowest BCUT2D eigenvalue weighted by Crippen LogP contribution is -2.22. The molecule has 0 N–H and O–H groups in total. The van der Waals surface area contributed by atoms with Crippen molar-refractivity contribution in [2.45, 2.75) is 25.6 Å². The standard InChI is InChI=1S/C26H19F6NO2/c1-33-22(15-35-14-16-11-18(25(27,28)29)13-19(12-16)26(30,31)32)23(17-7-3-2-4-8-17)20-9-5-6-10-21(20)24(33)34/h2-13H,14-15H2,1H3. The topological polar surface area (TPSA) is 31.2 Å². The monoisotopic (exact) mass is 491 g/mol. The fourth-order valence-corrected chi connectivity index (χ4v) is 3.98. The molecule has 3 aromatic carbocycles. The van der Waals surface area contributed by atoms with Crippen molar-refractivity contribution in [2.24, 2.45) is 7.05 Å². The highest BCUT2D eigenvalue weighted by Gasteiger charge is 2.36. The SMILES string of the molecule is Cn1c(COCc2cc(C(F)(F)F)cc(C(F)(F)F)c2)c(-c2ccccc2)c2ccccc2c1=O. The zero-order chi connectivity index (χ0) is 25.4. The van der Waals surface area contributed by atoms with E-state index in [-0.39, 0.29) is 23.8 Å². The Morgan fingerprint density at radius 2 is 1.29 bits per heavy atom. The first-order chi connectivity index (χ1) is 16.5. The molecule has 182 valence electrons. The highest BCUT2D eigenvalue weighted by molar-refractivity contribution is 5.97. The van der Waals surface area contributed by atoms with Crippen molar-refractivity contribution < 1.29 is 31.1 Å². The smallest absolute Gasteiger partial charge is 0.371 e. The van der Waals surface area contributed by atoms with Crippen LogP contribution in [0.15, 0.2) is 77.6 Å². The minimum absolute atomic E-state index is 0.0735. The van der Waals surface area contributed by atoms with Crippen molar-refractivity contribution in [3.05, 3.63) is 106 Å². The van der Waals surface area contributed by atoms with Gasteiger partial charge in [-0.3, -0.25) is 4.79 Å². The molecule has 0 saturated heterocycles. The Hall–Kier alpha value is -3.59. The zero-order valence-electron chi connectivity index (χ0n) is 18.4. The van der Waals surface area contributed by atoms with Crippen molar-refractivity contribution in [3.8, 4) is 11.1 Å². The van der Waals surface area contributed by atoms with Gasteiger partial charge in [0.05, 0.1) is 30.0 Å². The van der Waals surface area contributed by atoms with Crippen LogP contribution in [0.4, 0.5) is 26.3 Å².